The molecule has 0 unspecified atom stereocenters. The Hall–Kier alpha value is 0.139. The van der Waals surface area contributed by atoms with Crippen LogP contribution in [0.15, 0.2) is 0 Å². The number of rotatable bonds is 27. The summed E-state index contributed by atoms with van der Waals surface area (Å²) in [7, 11) is 4.99. The summed E-state index contributed by atoms with van der Waals surface area (Å²) in [4.78, 5) is 38.3. The van der Waals surface area contributed by atoms with E-state index in [-0.39, 0.29) is 17.3 Å². The molecular formula is C25H48O9S3Sn. The van der Waals surface area contributed by atoms with Crippen LogP contribution < -0.4 is 0 Å². The SMILES string of the molecule is CCC[CH2][Sn]([O]C(=O)CSCCCCOC)([O]C(=O)CSCCCCOC)[O]C(=O)CSCCCCOC. The van der Waals surface area contributed by atoms with Gasteiger partial charge in [0.25, 0.3) is 0 Å². The number of carbonyl (C=O) groups excluding carboxylic acids is 3. The molecule has 0 fully saturated rings. The molecule has 38 heavy (non-hydrogen) atoms. The molecule has 0 aromatic rings. The van der Waals surface area contributed by atoms with Crippen LogP contribution in [0.25, 0.3) is 0 Å². The predicted octanol–water partition coefficient (Wildman–Crippen LogP) is 4.83. The van der Waals surface area contributed by atoms with E-state index in [0.29, 0.717) is 30.7 Å². The van der Waals surface area contributed by atoms with Crippen molar-refractivity contribution in [3.63, 3.8) is 0 Å². The van der Waals surface area contributed by atoms with Gasteiger partial charge in [0.1, 0.15) is 0 Å². The van der Waals surface area contributed by atoms with Gasteiger partial charge in [0.2, 0.25) is 0 Å². The molecule has 0 aromatic heterocycles. The van der Waals surface area contributed by atoms with Crippen molar-refractivity contribution in [3.05, 3.63) is 0 Å². The molecule has 0 saturated heterocycles. The van der Waals surface area contributed by atoms with E-state index in [1.807, 2.05) is 6.92 Å². The number of hydrogen-bond donors (Lipinski definition) is 0. The van der Waals surface area contributed by atoms with Crippen molar-refractivity contribution in [2.24, 2.45) is 0 Å². The van der Waals surface area contributed by atoms with Crippen molar-refractivity contribution in [2.45, 2.75) is 62.7 Å². The normalized spacial score (nSPS) is 11.4. The van der Waals surface area contributed by atoms with Crippen LogP contribution in [0.2, 0.25) is 4.44 Å². The summed E-state index contributed by atoms with van der Waals surface area (Å²) in [5, 5.41) is 0. The van der Waals surface area contributed by atoms with Crippen molar-refractivity contribution in [3.8, 4) is 0 Å². The molecule has 0 amide bonds. The molecule has 13 heteroatoms. The topological polar surface area (TPSA) is 107 Å². The summed E-state index contributed by atoms with van der Waals surface area (Å²) in [5.74, 6) is 1.25. The van der Waals surface area contributed by atoms with Gasteiger partial charge in [-0.3, -0.25) is 0 Å². The maximum absolute atomic E-state index is 12.8. The first kappa shape index (κ1) is 38.1. The Morgan fingerprint density at radius 2 is 0.895 bits per heavy atom. The molecule has 0 bridgehead atoms. The van der Waals surface area contributed by atoms with Crippen molar-refractivity contribution in [2.75, 3.05) is 75.7 Å². The molecule has 0 aliphatic carbocycles. The van der Waals surface area contributed by atoms with Crippen molar-refractivity contribution in [1.29, 1.82) is 0 Å². The molecule has 0 spiro atoms. The van der Waals surface area contributed by atoms with Crippen LogP contribution in [-0.2, 0) is 37.8 Å². The number of unbranched alkanes of at least 4 members (excludes halogenated alkanes) is 4. The van der Waals surface area contributed by atoms with E-state index in [2.05, 4.69) is 0 Å². The van der Waals surface area contributed by atoms with Gasteiger partial charge in [-0.25, -0.2) is 0 Å². The zero-order chi connectivity index (χ0) is 28.3. The fourth-order valence-electron chi connectivity index (χ4n) is 3.04. The number of hydrogen-bond acceptors (Lipinski definition) is 12. The number of thioether (sulfide) groups is 3. The first-order valence-electron chi connectivity index (χ1n) is 13.3. The first-order chi connectivity index (χ1) is 18.4. The second-order valence-corrected chi connectivity index (χ2v) is 18.9. The van der Waals surface area contributed by atoms with Crippen molar-refractivity contribution >= 4 is 72.8 Å². The zero-order valence-electron chi connectivity index (χ0n) is 23.6. The summed E-state index contributed by atoms with van der Waals surface area (Å²) in [6, 6.07) is 0. The number of ether oxygens (including phenoxy) is 3. The Balaban J connectivity index is 5.11. The molecule has 0 aromatic carbocycles. The van der Waals surface area contributed by atoms with Gasteiger partial charge in [-0.1, -0.05) is 0 Å². The molecule has 0 heterocycles. The molecule has 0 aliphatic rings. The van der Waals surface area contributed by atoms with Crippen LogP contribution in [0, 0.1) is 0 Å². The van der Waals surface area contributed by atoms with Crippen molar-refractivity contribution < 1.29 is 37.8 Å². The second-order valence-electron chi connectivity index (χ2n) is 8.47. The van der Waals surface area contributed by atoms with Gasteiger partial charge in [-0.05, 0) is 0 Å². The van der Waals surface area contributed by atoms with Crippen LogP contribution in [0.3, 0.4) is 0 Å². The third-order valence-electron chi connectivity index (χ3n) is 4.97. The maximum atomic E-state index is 12.8. The van der Waals surface area contributed by atoms with Gasteiger partial charge >= 0.3 is 249 Å². The molecule has 0 atom stereocenters. The van der Waals surface area contributed by atoms with Crippen LogP contribution >= 0.6 is 35.3 Å². The predicted molar refractivity (Wildman–Crippen MR) is 159 cm³/mol. The molecule has 0 N–H and O–H groups in total. The van der Waals surface area contributed by atoms with Gasteiger partial charge in [0.15, 0.2) is 0 Å². The molecule has 0 aliphatic heterocycles. The van der Waals surface area contributed by atoms with Gasteiger partial charge in [0.05, 0.1) is 0 Å². The summed E-state index contributed by atoms with van der Waals surface area (Å²) >= 11 is -0.480. The average molecular weight is 708 g/mol. The van der Waals surface area contributed by atoms with Crippen LogP contribution in [-0.4, -0.2) is 113 Å². The minimum absolute atomic E-state index is 0.120. The monoisotopic (exact) mass is 708 g/mol. The Labute approximate surface area is 247 Å². The fraction of sp³-hybridized carbons (Fsp3) is 0.880. The quantitative estimate of drug-likeness (QED) is 0.0863. The summed E-state index contributed by atoms with van der Waals surface area (Å²) in [5.41, 5.74) is 0. The third kappa shape index (κ3) is 22.9. The Bertz CT molecular complexity index is 541. The van der Waals surface area contributed by atoms with E-state index in [4.69, 9.17) is 23.4 Å². The van der Waals surface area contributed by atoms with E-state index < -0.39 is 37.5 Å². The van der Waals surface area contributed by atoms with E-state index >= 15 is 0 Å². The molecule has 9 nitrogen and oxygen atoms in total. The van der Waals surface area contributed by atoms with Gasteiger partial charge in [-0.15, -0.1) is 0 Å². The Kier molecular flexibility index (Phi) is 27.4. The van der Waals surface area contributed by atoms with E-state index in [0.717, 1.165) is 62.2 Å². The molecule has 0 saturated carbocycles. The van der Waals surface area contributed by atoms with Crippen LogP contribution in [0.4, 0.5) is 0 Å². The Morgan fingerprint density at radius 3 is 1.18 bits per heavy atom. The number of carbonyl (C=O) groups is 3. The number of methoxy groups -OCH3 is 3. The first-order valence-corrected chi connectivity index (χ1v) is 22.3. The van der Waals surface area contributed by atoms with Crippen molar-refractivity contribution in [1.82, 2.24) is 0 Å². The third-order valence-corrected chi connectivity index (χ3v) is 15.4. The molecule has 0 radical (unpaired) electrons. The summed E-state index contributed by atoms with van der Waals surface area (Å²) < 4.78 is 32.9. The molecule has 224 valence electrons. The summed E-state index contributed by atoms with van der Waals surface area (Å²) in [6.07, 6.45) is 6.94. The van der Waals surface area contributed by atoms with Crippen LogP contribution in [0.5, 0.6) is 0 Å². The second kappa shape index (κ2) is 27.3. The Morgan fingerprint density at radius 1 is 0.553 bits per heavy atom. The summed E-state index contributed by atoms with van der Waals surface area (Å²) in [6.45, 7) is 4.04. The van der Waals surface area contributed by atoms with Crippen LogP contribution in [0.1, 0.15) is 58.3 Å². The average Bonchev–Trinajstić information content (AvgIpc) is 2.89. The fourth-order valence-corrected chi connectivity index (χ4v) is 13.3. The van der Waals surface area contributed by atoms with Gasteiger partial charge in [0, 0.05) is 0 Å². The van der Waals surface area contributed by atoms with E-state index in [1.165, 1.54) is 35.3 Å². The molecule has 0 rings (SSSR count). The molecular weight excluding hydrogens is 659 g/mol. The van der Waals surface area contributed by atoms with E-state index in [9.17, 15) is 14.4 Å². The zero-order valence-corrected chi connectivity index (χ0v) is 28.9. The minimum atomic E-state index is -4.84. The van der Waals surface area contributed by atoms with Gasteiger partial charge in [-0.2, -0.15) is 0 Å². The standard InChI is InChI=1S/3C7H14O3S.C4H9.Sn/c3*1-10-4-2-3-5-11-6-7(8)9;1-3-4-2;/h3*2-6H2,1H3,(H,8,9);1,3-4H2,2H3;/q;;;;+3/p-3. The van der Waals surface area contributed by atoms with Gasteiger partial charge < -0.3 is 0 Å². The van der Waals surface area contributed by atoms with E-state index in [1.54, 1.807) is 21.3 Å².